The summed E-state index contributed by atoms with van der Waals surface area (Å²) in [5.41, 5.74) is 6.21. The molecule has 0 radical (unpaired) electrons. The molecular formula is C18H14N2O5. The minimum absolute atomic E-state index is 0.0611. The number of esters is 1. The van der Waals surface area contributed by atoms with Crippen LogP contribution in [0.4, 0.5) is 0 Å². The Kier molecular flexibility index (Phi) is 4.03. The van der Waals surface area contributed by atoms with E-state index in [1.807, 2.05) is 6.07 Å². The third kappa shape index (κ3) is 2.97. The molecule has 3 rings (SSSR count). The number of rotatable bonds is 2. The molecule has 1 unspecified atom stereocenters. The van der Waals surface area contributed by atoms with Crippen molar-refractivity contribution in [3.8, 4) is 17.6 Å². The summed E-state index contributed by atoms with van der Waals surface area (Å²) >= 11 is 0. The van der Waals surface area contributed by atoms with Crippen molar-refractivity contribution in [1.29, 1.82) is 5.26 Å². The smallest absolute Gasteiger partial charge is 0.343 e. The fraction of sp³-hybridized carbons (Fsp3) is 0.167. The second-order valence-corrected chi connectivity index (χ2v) is 5.51. The molecule has 0 bridgehead atoms. The lowest BCUT2D eigenvalue weighted by atomic mass is 9.84. The zero-order valence-electron chi connectivity index (χ0n) is 13.5. The highest BCUT2D eigenvalue weighted by atomic mass is 16.5. The maximum absolute atomic E-state index is 12.4. The van der Waals surface area contributed by atoms with Gasteiger partial charge in [0.05, 0.1) is 11.5 Å². The summed E-state index contributed by atoms with van der Waals surface area (Å²) in [5, 5.41) is 9.47. The number of allylic oxidation sites excluding steroid dienone is 1. The summed E-state index contributed by atoms with van der Waals surface area (Å²) in [4.78, 5) is 23.4. The second-order valence-electron chi connectivity index (χ2n) is 5.51. The first-order valence-electron chi connectivity index (χ1n) is 7.41. The molecule has 1 aromatic heterocycles. The minimum Gasteiger partial charge on any atom is -0.440 e. The quantitative estimate of drug-likeness (QED) is 0.658. The Morgan fingerprint density at radius 3 is 2.60 bits per heavy atom. The van der Waals surface area contributed by atoms with Gasteiger partial charge in [0.2, 0.25) is 5.88 Å². The van der Waals surface area contributed by atoms with Gasteiger partial charge in [-0.15, -0.1) is 0 Å². The zero-order valence-corrected chi connectivity index (χ0v) is 13.5. The average molecular weight is 338 g/mol. The molecule has 2 aromatic rings. The summed E-state index contributed by atoms with van der Waals surface area (Å²) < 4.78 is 15.6. The lowest BCUT2D eigenvalue weighted by Gasteiger charge is -2.25. The lowest BCUT2D eigenvalue weighted by molar-refractivity contribution is -0.131. The van der Waals surface area contributed by atoms with E-state index in [0.29, 0.717) is 17.1 Å². The summed E-state index contributed by atoms with van der Waals surface area (Å²) in [6.07, 6.45) is 0. The van der Waals surface area contributed by atoms with E-state index >= 15 is 0 Å². The molecule has 7 nitrogen and oxygen atoms in total. The molecule has 0 fully saturated rings. The SMILES string of the molecule is CC(=O)Oc1ccc(C2C(C#N)=C(N)Oc3cc(C)oc(=O)c32)cc1. The number of aryl methyl sites for hydroxylation is 1. The summed E-state index contributed by atoms with van der Waals surface area (Å²) in [5.74, 6) is -0.233. The Hall–Kier alpha value is -3.53. The van der Waals surface area contributed by atoms with E-state index < -0.39 is 17.5 Å². The molecule has 1 aliphatic heterocycles. The highest BCUT2D eigenvalue weighted by Gasteiger charge is 2.34. The minimum atomic E-state index is -0.725. The van der Waals surface area contributed by atoms with Crippen molar-refractivity contribution >= 4 is 5.97 Å². The Balaban J connectivity index is 2.15. The Labute approximate surface area is 142 Å². The van der Waals surface area contributed by atoms with Crippen LogP contribution in [0.3, 0.4) is 0 Å². The highest BCUT2D eigenvalue weighted by Crippen LogP contribution is 2.40. The fourth-order valence-corrected chi connectivity index (χ4v) is 2.75. The molecule has 0 aliphatic carbocycles. The van der Waals surface area contributed by atoms with Gasteiger partial charge in [-0.3, -0.25) is 4.79 Å². The number of nitriles is 1. The predicted octanol–water partition coefficient (Wildman–Crippen LogP) is 2.09. The van der Waals surface area contributed by atoms with E-state index in [-0.39, 0.29) is 22.8 Å². The van der Waals surface area contributed by atoms with Crippen LogP contribution >= 0.6 is 0 Å². The number of benzene rings is 1. The molecule has 0 saturated heterocycles. The van der Waals surface area contributed by atoms with Gasteiger partial charge >= 0.3 is 11.6 Å². The van der Waals surface area contributed by atoms with Crippen molar-refractivity contribution in [2.24, 2.45) is 5.73 Å². The molecule has 2 heterocycles. The van der Waals surface area contributed by atoms with Crippen molar-refractivity contribution in [2.75, 3.05) is 0 Å². The monoisotopic (exact) mass is 338 g/mol. The molecular weight excluding hydrogens is 324 g/mol. The van der Waals surface area contributed by atoms with Gasteiger partial charge in [-0.2, -0.15) is 5.26 Å². The van der Waals surface area contributed by atoms with E-state index in [2.05, 4.69) is 0 Å². The van der Waals surface area contributed by atoms with E-state index in [1.54, 1.807) is 37.3 Å². The molecule has 126 valence electrons. The largest absolute Gasteiger partial charge is 0.440 e. The first-order chi connectivity index (χ1) is 11.9. The zero-order chi connectivity index (χ0) is 18.1. The van der Waals surface area contributed by atoms with E-state index in [9.17, 15) is 14.9 Å². The molecule has 25 heavy (non-hydrogen) atoms. The highest BCUT2D eigenvalue weighted by molar-refractivity contribution is 5.69. The second kappa shape index (κ2) is 6.17. The molecule has 0 amide bonds. The van der Waals surface area contributed by atoms with Gasteiger partial charge in [0, 0.05) is 13.0 Å². The molecule has 7 heteroatoms. The van der Waals surface area contributed by atoms with Crippen LogP contribution in [0.1, 0.15) is 29.7 Å². The third-order valence-corrected chi connectivity index (χ3v) is 3.73. The molecule has 2 N–H and O–H groups in total. The van der Waals surface area contributed by atoms with E-state index in [1.165, 1.54) is 6.92 Å². The molecule has 0 saturated carbocycles. The van der Waals surface area contributed by atoms with Gasteiger partial charge in [0.1, 0.15) is 28.9 Å². The van der Waals surface area contributed by atoms with Crippen molar-refractivity contribution in [2.45, 2.75) is 19.8 Å². The van der Waals surface area contributed by atoms with Crippen LogP contribution in [0.5, 0.6) is 11.5 Å². The van der Waals surface area contributed by atoms with Crippen molar-refractivity contribution in [3.05, 3.63) is 69.1 Å². The van der Waals surface area contributed by atoms with Crippen molar-refractivity contribution < 1.29 is 18.7 Å². The van der Waals surface area contributed by atoms with Gasteiger partial charge in [-0.05, 0) is 24.6 Å². The number of hydrogen-bond donors (Lipinski definition) is 1. The van der Waals surface area contributed by atoms with Crippen LogP contribution in [0.25, 0.3) is 0 Å². The maximum atomic E-state index is 12.4. The average Bonchev–Trinajstić information content (AvgIpc) is 2.53. The molecule has 0 spiro atoms. The number of nitrogens with zero attached hydrogens (tertiary/aromatic N) is 1. The summed E-state index contributed by atoms with van der Waals surface area (Å²) in [6.45, 7) is 2.92. The summed E-state index contributed by atoms with van der Waals surface area (Å²) in [7, 11) is 0. The van der Waals surface area contributed by atoms with Gasteiger partial charge < -0.3 is 19.6 Å². The predicted molar refractivity (Wildman–Crippen MR) is 86.8 cm³/mol. The van der Waals surface area contributed by atoms with Gasteiger partial charge in [-0.25, -0.2) is 4.79 Å². The third-order valence-electron chi connectivity index (χ3n) is 3.73. The molecule has 1 atom stereocenters. The lowest BCUT2D eigenvalue weighted by Crippen LogP contribution is -2.26. The Bertz CT molecular complexity index is 980. The fourth-order valence-electron chi connectivity index (χ4n) is 2.75. The van der Waals surface area contributed by atoms with Crippen LogP contribution in [-0.2, 0) is 4.79 Å². The standard InChI is InChI=1S/C18H14N2O5/c1-9-7-14-16(18(22)23-9)15(13(8-19)17(20)25-14)11-3-5-12(6-4-11)24-10(2)21/h3-7,15H,20H2,1-2H3. The normalized spacial score (nSPS) is 15.8. The van der Waals surface area contributed by atoms with Crippen molar-refractivity contribution in [1.82, 2.24) is 0 Å². The number of carbonyl (C=O) groups is 1. The molecule has 1 aromatic carbocycles. The van der Waals surface area contributed by atoms with Crippen LogP contribution in [0.2, 0.25) is 0 Å². The first kappa shape index (κ1) is 16.3. The van der Waals surface area contributed by atoms with Gasteiger partial charge in [0.25, 0.3) is 0 Å². The number of carbonyl (C=O) groups excluding carboxylic acids is 1. The van der Waals surface area contributed by atoms with Crippen LogP contribution in [0, 0.1) is 18.3 Å². The summed E-state index contributed by atoms with van der Waals surface area (Å²) in [6, 6.07) is 10.0. The van der Waals surface area contributed by atoms with Crippen molar-refractivity contribution in [3.63, 3.8) is 0 Å². The Morgan fingerprint density at radius 2 is 2.00 bits per heavy atom. The number of nitrogens with two attached hydrogens (primary N) is 1. The number of hydrogen-bond acceptors (Lipinski definition) is 7. The van der Waals surface area contributed by atoms with Gasteiger partial charge in [-0.1, -0.05) is 12.1 Å². The molecule has 1 aliphatic rings. The van der Waals surface area contributed by atoms with E-state index in [0.717, 1.165) is 0 Å². The van der Waals surface area contributed by atoms with E-state index in [4.69, 9.17) is 19.6 Å². The van der Waals surface area contributed by atoms with Crippen LogP contribution in [-0.4, -0.2) is 5.97 Å². The number of fused-ring (bicyclic) bond motifs is 1. The number of ether oxygens (including phenoxy) is 2. The van der Waals surface area contributed by atoms with Crippen LogP contribution < -0.4 is 20.8 Å². The maximum Gasteiger partial charge on any atom is 0.343 e. The van der Waals surface area contributed by atoms with Crippen LogP contribution in [0.15, 0.2) is 51.0 Å². The first-order valence-corrected chi connectivity index (χ1v) is 7.41. The van der Waals surface area contributed by atoms with Gasteiger partial charge in [0.15, 0.2) is 0 Å². The topological polar surface area (TPSA) is 116 Å². The Morgan fingerprint density at radius 1 is 1.32 bits per heavy atom.